The van der Waals surface area contributed by atoms with Gasteiger partial charge in [0.05, 0.1) is 12.7 Å². The summed E-state index contributed by atoms with van der Waals surface area (Å²) < 4.78 is 10.7. The number of ether oxygens (including phenoxy) is 2. The Hall–Kier alpha value is -1.41. The maximum absolute atomic E-state index is 9.66. The van der Waals surface area contributed by atoms with Crippen LogP contribution in [-0.2, 0) is 15.0 Å². The fourth-order valence-corrected chi connectivity index (χ4v) is 2.08. The first-order valence-electron chi connectivity index (χ1n) is 6.96. The van der Waals surface area contributed by atoms with Crippen LogP contribution in [0.25, 0.3) is 0 Å². The van der Waals surface area contributed by atoms with Gasteiger partial charge >= 0.3 is 0 Å². The molecule has 0 aliphatic heterocycles. The van der Waals surface area contributed by atoms with Crippen LogP contribution in [0.2, 0.25) is 0 Å². The maximum atomic E-state index is 9.66. The average molecular weight is 276 g/mol. The molecule has 0 amide bonds. The molecule has 0 fully saturated rings. The van der Waals surface area contributed by atoms with E-state index in [2.05, 4.69) is 11.4 Å². The van der Waals surface area contributed by atoms with Crippen LogP contribution >= 0.6 is 0 Å². The van der Waals surface area contributed by atoms with Gasteiger partial charge in [-0.2, -0.15) is 5.26 Å². The Morgan fingerprint density at radius 2 is 1.95 bits per heavy atom. The van der Waals surface area contributed by atoms with Crippen molar-refractivity contribution in [2.45, 2.75) is 31.8 Å². The lowest BCUT2D eigenvalue weighted by Gasteiger charge is -2.30. The predicted molar refractivity (Wildman–Crippen MR) is 79.3 cm³/mol. The first-order chi connectivity index (χ1) is 9.64. The Bertz CT molecular complexity index is 414. The molecule has 1 N–H and O–H groups in total. The molecule has 0 aliphatic carbocycles. The monoisotopic (exact) mass is 276 g/mol. The minimum absolute atomic E-state index is 0.192. The highest BCUT2D eigenvalue weighted by molar-refractivity contribution is 5.31. The summed E-state index contributed by atoms with van der Waals surface area (Å²) >= 11 is 0. The third-order valence-corrected chi connectivity index (χ3v) is 2.95. The molecule has 0 saturated carbocycles. The summed E-state index contributed by atoms with van der Waals surface area (Å²) in [4.78, 5) is 0. The summed E-state index contributed by atoms with van der Waals surface area (Å²) in [6.07, 6.45) is 0.828. The molecule has 110 valence electrons. The average Bonchev–Trinajstić information content (AvgIpc) is 2.46. The summed E-state index contributed by atoms with van der Waals surface area (Å²) in [6.45, 7) is 5.64. The molecule has 1 unspecified atom stereocenters. The third-order valence-electron chi connectivity index (χ3n) is 2.95. The molecule has 1 rings (SSSR count). The minimum Gasteiger partial charge on any atom is -0.385 e. The quantitative estimate of drug-likeness (QED) is 0.704. The zero-order valence-electron chi connectivity index (χ0n) is 12.6. The highest BCUT2D eigenvalue weighted by Gasteiger charge is 2.33. The number of nitriles is 1. The predicted octanol–water partition coefficient (Wildman–Crippen LogP) is 2.46. The van der Waals surface area contributed by atoms with Crippen LogP contribution in [0.1, 0.15) is 25.8 Å². The third kappa shape index (κ3) is 4.93. The molecule has 0 heterocycles. The van der Waals surface area contributed by atoms with Crippen LogP contribution in [-0.4, -0.2) is 33.0 Å². The Kier molecular flexibility index (Phi) is 7.24. The number of nitrogens with zero attached hydrogens (tertiary/aromatic N) is 1. The van der Waals surface area contributed by atoms with Gasteiger partial charge in [0.1, 0.15) is 0 Å². The van der Waals surface area contributed by atoms with Crippen molar-refractivity contribution in [1.29, 1.82) is 5.26 Å². The molecule has 0 spiro atoms. The van der Waals surface area contributed by atoms with E-state index in [1.165, 1.54) is 0 Å². The highest BCUT2D eigenvalue weighted by Crippen LogP contribution is 2.22. The van der Waals surface area contributed by atoms with Crippen molar-refractivity contribution in [2.24, 2.45) is 0 Å². The fourth-order valence-electron chi connectivity index (χ4n) is 2.08. The first-order valence-corrected chi connectivity index (χ1v) is 6.96. The van der Waals surface area contributed by atoms with Gasteiger partial charge in [0.25, 0.3) is 0 Å². The Morgan fingerprint density at radius 1 is 1.25 bits per heavy atom. The second kappa shape index (κ2) is 8.70. The largest absolute Gasteiger partial charge is 0.385 e. The maximum Gasteiger partial charge on any atom is 0.156 e. The Balaban J connectivity index is 2.76. The summed E-state index contributed by atoms with van der Waals surface area (Å²) in [5, 5.41) is 13.0. The van der Waals surface area contributed by atoms with Gasteiger partial charge in [0.15, 0.2) is 5.54 Å². The van der Waals surface area contributed by atoms with E-state index in [0.29, 0.717) is 19.8 Å². The van der Waals surface area contributed by atoms with Crippen molar-refractivity contribution in [2.75, 3.05) is 26.9 Å². The molecule has 0 saturated heterocycles. The lowest BCUT2D eigenvalue weighted by atomic mass is 9.91. The van der Waals surface area contributed by atoms with Gasteiger partial charge in [0.2, 0.25) is 0 Å². The molecule has 0 aliphatic rings. The van der Waals surface area contributed by atoms with Crippen molar-refractivity contribution >= 4 is 0 Å². The van der Waals surface area contributed by atoms with Gasteiger partial charge in [0, 0.05) is 26.4 Å². The SMILES string of the molecule is COCCCOCC(C#N)(NC(C)C)c1ccccc1. The molecular formula is C16H24N2O2. The highest BCUT2D eigenvalue weighted by atomic mass is 16.5. The van der Waals surface area contributed by atoms with Crippen molar-refractivity contribution in [3.05, 3.63) is 35.9 Å². The molecule has 0 aromatic heterocycles. The topological polar surface area (TPSA) is 54.3 Å². The van der Waals surface area contributed by atoms with Crippen LogP contribution in [0.3, 0.4) is 0 Å². The van der Waals surface area contributed by atoms with E-state index in [1.54, 1.807) is 7.11 Å². The molecular weight excluding hydrogens is 252 g/mol. The zero-order chi connectivity index (χ0) is 14.8. The fraction of sp³-hybridized carbons (Fsp3) is 0.562. The summed E-state index contributed by atoms with van der Waals surface area (Å²) in [5.74, 6) is 0. The molecule has 1 aromatic rings. The van der Waals surface area contributed by atoms with E-state index in [9.17, 15) is 5.26 Å². The lowest BCUT2D eigenvalue weighted by Crippen LogP contribution is -2.48. The van der Waals surface area contributed by atoms with Crippen LogP contribution in [0.15, 0.2) is 30.3 Å². The lowest BCUT2D eigenvalue weighted by molar-refractivity contribution is 0.0679. The van der Waals surface area contributed by atoms with Crippen molar-refractivity contribution in [3.63, 3.8) is 0 Å². The standard InChI is InChI=1S/C16H24N2O2/c1-14(2)18-16(12-17,13-20-11-7-10-19-3)15-8-5-4-6-9-15/h4-6,8-9,14,18H,7,10-11,13H2,1-3H3. The van der Waals surface area contributed by atoms with Gasteiger partial charge in [-0.1, -0.05) is 30.3 Å². The smallest absolute Gasteiger partial charge is 0.156 e. The number of benzene rings is 1. The second-order valence-electron chi connectivity index (χ2n) is 5.08. The van der Waals surface area contributed by atoms with Gasteiger partial charge in [-0.15, -0.1) is 0 Å². The molecule has 1 aromatic carbocycles. The second-order valence-corrected chi connectivity index (χ2v) is 5.08. The van der Waals surface area contributed by atoms with E-state index in [1.807, 2.05) is 44.2 Å². The normalized spacial score (nSPS) is 13.9. The van der Waals surface area contributed by atoms with Crippen molar-refractivity contribution < 1.29 is 9.47 Å². The molecule has 1 atom stereocenters. The summed E-state index contributed by atoms with van der Waals surface area (Å²) in [7, 11) is 1.67. The van der Waals surface area contributed by atoms with E-state index < -0.39 is 5.54 Å². The number of hydrogen-bond acceptors (Lipinski definition) is 4. The molecule has 0 radical (unpaired) electrons. The number of methoxy groups -OCH3 is 1. The van der Waals surface area contributed by atoms with Crippen LogP contribution < -0.4 is 5.32 Å². The molecule has 20 heavy (non-hydrogen) atoms. The number of hydrogen-bond donors (Lipinski definition) is 1. The van der Waals surface area contributed by atoms with Crippen LogP contribution in [0.4, 0.5) is 0 Å². The van der Waals surface area contributed by atoms with E-state index in [4.69, 9.17) is 9.47 Å². The number of nitrogens with one attached hydrogen (secondary N) is 1. The van der Waals surface area contributed by atoms with Gasteiger partial charge < -0.3 is 9.47 Å². The Morgan fingerprint density at radius 3 is 2.50 bits per heavy atom. The zero-order valence-corrected chi connectivity index (χ0v) is 12.6. The van der Waals surface area contributed by atoms with E-state index in [-0.39, 0.29) is 6.04 Å². The summed E-state index contributed by atoms with van der Waals surface area (Å²) in [5.41, 5.74) is 0.130. The van der Waals surface area contributed by atoms with E-state index >= 15 is 0 Å². The Labute approximate surface area is 121 Å². The van der Waals surface area contributed by atoms with Gasteiger partial charge in [-0.3, -0.25) is 5.32 Å². The molecule has 4 heteroatoms. The van der Waals surface area contributed by atoms with Crippen LogP contribution in [0.5, 0.6) is 0 Å². The van der Waals surface area contributed by atoms with E-state index in [0.717, 1.165) is 12.0 Å². The molecule has 0 bridgehead atoms. The van der Waals surface area contributed by atoms with Gasteiger partial charge in [-0.05, 0) is 25.8 Å². The number of rotatable bonds is 9. The molecule has 4 nitrogen and oxygen atoms in total. The van der Waals surface area contributed by atoms with Gasteiger partial charge in [-0.25, -0.2) is 0 Å². The van der Waals surface area contributed by atoms with Crippen molar-refractivity contribution in [3.8, 4) is 6.07 Å². The van der Waals surface area contributed by atoms with Crippen LogP contribution in [0, 0.1) is 11.3 Å². The minimum atomic E-state index is -0.803. The first kappa shape index (κ1) is 16.6. The summed E-state index contributed by atoms with van der Waals surface area (Å²) in [6, 6.07) is 12.3. The van der Waals surface area contributed by atoms with Crippen molar-refractivity contribution in [1.82, 2.24) is 5.32 Å².